The molecular weight excluding hydrogens is 283 g/mol. The molecule has 0 aromatic heterocycles. The van der Waals surface area contributed by atoms with Crippen LogP contribution in [0.15, 0.2) is 18.2 Å². The van der Waals surface area contributed by atoms with Gasteiger partial charge in [0.15, 0.2) is 11.6 Å². The second-order valence-corrected chi connectivity index (χ2v) is 5.75. The van der Waals surface area contributed by atoms with Crippen LogP contribution in [0.4, 0.5) is 4.39 Å². The molecule has 1 aromatic carbocycles. The maximum Gasteiger partial charge on any atom is 0.251 e. The normalized spacial score (nSPS) is 16.1. The Balaban J connectivity index is 1.73. The van der Waals surface area contributed by atoms with E-state index in [1.807, 2.05) is 0 Å². The summed E-state index contributed by atoms with van der Waals surface area (Å²) in [4.78, 5) is 12.0. The molecule has 1 aromatic rings. The summed E-state index contributed by atoms with van der Waals surface area (Å²) >= 11 is 0. The monoisotopic (exact) mass is 308 g/mol. The highest BCUT2D eigenvalue weighted by atomic mass is 19.1. The Morgan fingerprint density at radius 2 is 1.95 bits per heavy atom. The van der Waals surface area contributed by atoms with Gasteiger partial charge in [0.05, 0.1) is 7.11 Å². The molecule has 4 nitrogen and oxygen atoms in total. The predicted molar refractivity (Wildman–Crippen MR) is 84.8 cm³/mol. The molecule has 1 fully saturated rings. The van der Waals surface area contributed by atoms with E-state index in [0.29, 0.717) is 18.2 Å². The molecule has 0 spiro atoms. The Labute approximate surface area is 131 Å². The van der Waals surface area contributed by atoms with Gasteiger partial charge in [0.2, 0.25) is 0 Å². The summed E-state index contributed by atoms with van der Waals surface area (Å²) in [6.45, 7) is 1.32. The van der Waals surface area contributed by atoms with Crippen molar-refractivity contribution in [1.82, 2.24) is 10.6 Å². The van der Waals surface area contributed by atoms with Gasteiger partial charge >= 0.3 is 0 Å². The lowest BCUT2D eigenvalue weighted by Gasteiger charge is -2.16. The Morgan fingerprint density at radius 3 is 2.64 bits per heavy atom. The molecule has 2 N–H and O–H groups in total. The van der Waals surface area contributed by atoms with Crippen molar-refractivity contribution in [2.75, 3.05) is 20.2 Å². The van der Waals surface area contributed by atoms with Crippen LogP contribution in [0.1, 0.15) is 48.9 Å². The SMILES string of the molecule is COc1cc(C(=O)NCCNC2CCCCCC2)ccc1F. The van der Waals surface area contributed by atoms with Gasteiger partial charge in [-0.2, -0.15) is 0 Å². The molecule has 1 aliphatic rings. The molecule has 0 unspecified atom stereocenters. The number of methoxy groups -OCH3 is 1. The first-order valence-corrected chi connectivity index (χ1v) is 8.06. The maximum atomic E-state index is 13.3. The lowest BCUT2D eigenvalue weighted by Crippen LogP contribution is -2.36. The van der Waals surface area contributed by atoms with Crippen LogP contribution in [0.5, 0.6) is 5.75 Å². The van der Waals surface area contributed by atoms with E-state index in [0.717, 1.165) is 6.54 Å². The Bertz CT molecular complexity index is 486. The minimum absolute atomic E-state index is 0.0873. The summed E-state index contributed by atoms with van der Waals surface area (Å²) in [5.41, 5.74) is 0.410. The van der Waals surface area contributed by atoms with E-state index in [4.69, 9.17) is 4.74 Å². The molecule has 0 radical (unpaired) electrons. The molecule has 0 saturated heterocycles. The fourth-order valence-corrected chi connectivity index (χ4v) is 2.84. The van der Waals surface area contributed by atoms with Crippen molar-refractivity contribution in [1.29, 1.82) is 0 Å². The van der Waals surface area contributed by atoms with Gasteiger partial charge in [-0.3, -0.25) is 4.79 Å². The first-order valence-electron chi connectivity index (χ1n) is 8.06. The van der Waals surface area contributed by atoms with E-state index in [1.54, 1.807) is 0 Å². The van der Waals surface area contributed by atoms with Crippen molar-refractivity contribution >= 4 is 5.91 Å². The van der Waals surface area contributed by atoms with E-state index in [9.17, 15) is 9.18 Å². The van der Waals surface area contributed by atoms with Gasteiger partial charge in [0.25, 0.3) is 5.91 Å². The summed E-state index contributed by atoms with van der Waals surface area (Å²) in [6.07, 6.45) is 7.70. The molecule has 1 saturated carbocycles. The summed E-state index contributed by atoms with van der Waals surface area (Å²) < 4.78 is 18.2. The first-order chi connectivity index (χ1) is 10.7. The first kappa shape index (κ1) is 16.7. The van der Waals surface area contributed by atoms with Gasteiger partial charge in [-0.1, -0.05) is 25.7 Å². The zero-order valence-electron chi connectivity index (χ0n) is 13.2. The second kappa shape index (κ2) is 8.73. The maximum absolute atomic E-state index is 13.3. The quantitative estimate of drug-likeness (QED) is 0.627. The molecule has 0 aliphatic heterocycles. The van der Waals surface area contributed by atoms with Crippen LogP contribution in [-0.2, 0) is 0 Å². The van der Waals surface area contributed by atoms with Crippen molar-refractivity contribution < 1.29 is 13.9 Å². The zero-order chi connectivity index (χ0) is 15.8. The molecule has 0 bridgehead atoms. The number of hydrogen-bond acceptors (Lipinski definition) is 3. The summed E-state index contributed by atoms with van der Waals surface area (Å²) in [5, 5.41) is 6.35. The standard InChI is InChI=1S/C17H25FN2O2/c1-22-16-12-13(8-9-15(16)18)17(21)20-11-10-19-14-6-4-2-3-5-7-14/h8-9,12,14,19H,2-7,10-11H2,1H3,(H,20,21). The molecule has 1 aliphatic carbocycles. The fraction of sp³-hybridized carbons (Fsp3) is 0.588. The zero-order valence-corrected chi connectivity index (χ0v) is 13.2. The van der Waals surface area contributed by atoms with Gasteiger partial charge in [-0.15, -0.1) is 0 Å². The molecule has 122 valence electrons. The van der Waals surface area contributed by atoms with Crippen LogP contribution in [0, 0.1) is 5.82 Å². The van der Waals surface area contributed by atoms with Gasteiger partial charge in [0, 0.05) is 24.7 Å². The van der Waals surface area contributed by atoms with Crippen molar-refractivity contribution in [3.63, 3.8) is 0 Å². The highest BCUT2D eigenvalue weighted by Gasteiger charge is 2.12. The number of carbonyl (C=O) groups excluding carboxylic acids is 1. The van der Waals surface area contributed by atoms with Crippen molar-refractivity contribution in [2.24, 2.45) is 0 Å². The molecular formula is C17H25FN2O2. The van der Waals surface area contributed by atoms with Crippen LogP contribution in [0.25, 0.3) is 0 Å². The van der Waals surface area contributed by atoms with E-state index in [2.05, 4.69) is 10.6 Å². The Hall–Kier alpha value is -1.62. The predicted octanol–water partition coefficient (Wildman–Crippen LogP) is 2.88. The lowest BCUT2D eigenvalue weighted by molar-refractivity contribution is 0.0953. The van der Waals surface area contributed by atoms with Crippen LogP contribution in [0.3, 0.4) is 0 Å². The van der Waals surface area contributed by atoms with Crippen molar-refractivity contribution in [2.45, 2.75) is 44.6 Å². The average Bonchev–Trinajstić information content (AvgIpc) is 2.80. The van der Waals surface area contributed by atoms with E-state index in [-0.39, 0.29) is 11.7 Å². The van der Waals surface area contributed by atoms with E-state index in [1.165, 1.54) is 63.8 Å². The third-order valence-electron chi connectivity index (χ3n) is 4.11. The third kappa shape index (κ3) is 4.98. The highest BCUT2D eigenvalue weighted by molar-refractivity contribution is 5.94. The van der Waals surface area contributed by atoms with Crippen molar-refractivity contribution in [3.05, 3.63) is 29.6 Å². The summed E-state index contributed by atoms with van der Waals surface area (Å²) in [7, 11) is 1.39. The van der Waals surface area contributed by atoms with Crippen LogP contribution >= 0.6 is 0 Å². The molecule has 0 atom stereocenters. The number of benzene rings is 1. The number of nitrogens with one attached hydrogen (secondary N) is 2. The summed E-state index contributed by atoms with van der Waals surface area (Å²) in [5.74, 6) is -0.584. The van der Waals surface area contributed by atoms with Gasteiger partial charge < -0.3 is 15.4 Å². The van der Waals surface area contributed by atoms with E-state index >= 15 is 0 Å². The van der Waals surface area contributed by atoms with Crippen LogP contribution < -0.4 is 15.4 Å². The van der Waals surface area contributed by atoms with Crippen molar-refractivity contribution in [3.8, 4) is 5.75 Å². The van der Waals surface area contributed by atoms with Gasteiger partial charge in [-0.05, 0) is 31.0 Å². The lowest BCUT2D eigenvalue weighted by atomic mass is 10.1. The topological polar surface area (TPSA) is 50.4 Å². The van der Waals surface area contributed by atoms with Gasteiger partial charge in [-0.25, -0.2) is 4.39 Å². The van der Waals surface area contributed by atoms with Gasteiger partial charge in [0.1, 0.15) is 0 Å². The molecule has 5 heteroatoms. The van der Waals surface area contributed by atoms with E-state index < -0.39 is 5.82 Å². The number of amides is 1. The third-order valence-corrected chi connectivity index (χ3v) is 4.11. The second-order valence-electron chi connectivity index (χ2n) is 5.75. The van der Waals surface area contributed by atoms with Crippen LogP contribution in [0.2, 0.25) is 0 Å². The summed E-state index contributed by atoms with van der Waals surface area (Å²) in [6, 6.07) is 4.71. The number of halogens is 1. The number of hydrogen-bond donors (Lipinski definition) is 2. The minimum Gasteiger partial charge on any atom is -0.494 e. The Morgan fingerprint density at radius 1 is 1.23 bits per heavy atom. The largest absolute Gasteiger partial charge is 0.494 e. The number of ether oxygens (including phenoxy) is 1. The number of rotatable bonds is 6. The highest BCUT2D eigenvalue weighted by Crippen LogP contribution is 2.18. The molecule has 1 amide bonds. The fourth-order valence-electron chi connectivity index (χ4n) is 2.84. The smallest absolute Gasteiger partial charge is 0.251 e. The molecule has 2 rings (SSSR count). The molecule has 22 heavy (non-hydrogen) atoms. The minimum atomic E-state index is -0.464. The molecule has 0 heterocycles. The number of carbonyl (C=O) groups is 1. The Kier molecular flexibility index (Phi) is 6.65. The average molecular weight is 308 g/mol. The van der Waals surface area contributed by atoms with Crippen LogP contribution in [-0.4, -0.2) is 32.1 Å².